The van der Waals surface area contributed by atoms with Crippen LogP contribution < -0.4 is 0 Å². The van der Waals surface area contributed by atoms with E-state index in [-0.39, 0.29) is 0 Å². The third kappa shape index (κ3) is 1.88. The zero-order chi connectivity index (χ0) is 16.0. The van der Waals surface area contributed by atoms with Crippen LogP contribution in [0.15, 0.2) is 0 Å². The zero-order valence-electron chi connectivity index (χ0n) is 15.4. The van der Waals surface area contributed by atoms with E-state index in [1.54, 1.807) is 0 Å². The maximum absolute atomic E-state index is 4.25. The van der Waals surface area contributed by atoms with Gasteiger partial charge in [0.15, 0.2) is 0 Å². The van der Waals surface area contributed by atoms with Gasteiger partial charge < -0.3 is 0 Å². The first kappa shape index (κ1) is 16.0. The molecule has 0 N–H and O–H groups in total. The molecule has 0 radical (unpaired) electrons. The predicted molar refractivity (Wildman–Crippen MR) is 100 cm³/mol. The zero-order valence-corrected chi connectivity index (χ0v) is 17.0. The lowest BCUT2D eigenvalue weighted by Crippen LogP contribution is -2.58. The van der Waals surface area contributed by atoms with E-state index in [2.05, 4.69) is 57.3 Å². The molecule has 8 atom stereocenters. The third-order valence-electron chi connectivity index (χ3n) is 9.64. The van der Waals surface area contributed by atoms with Gasteiger partial charge in [-0.15, -0.1) is 0 Å². The summed E-state index contributed by atoms with van der Waals surface area (Å²) < 4.78 is 0. The van der Waals surface area contributed by atoms with Crippen LogP contribution >= 0.6 is 15.8 Å². The number of hydrogen-bond acceptors (Lipinski definition) is 0. The van der Waals surface area contributed by atoms with Crippen molar-refractivity contribution in [2.75, 3.05) is 0 Å². The Hall–Kier alpha value is 0.545. The van der Waals surface area contributed by atoms with Crippen molar-refractivity contribution in [3.05, 3.63) is 0 Å². The van der Waals surface area contributed by atoms with Crippen molar-refractivity contribution in [2.24, 2.45) is 46.3 Å². The molecular weight excluding hydrogens is 331 g/mol. The number of hydrogen-bond donors (Lipinski definition) is 0. The normalized spacial score (nSPS) is 54.1. The fourth-order valence-corrected chi connectivity index (χ4v) is 8.93. The minimum atomic E-state index is 0.630. The van der Waals surface area contributed by atoms with E-state index in [0.29, 0.717) is 10.8 Å². The van der Waals surface area contributed by atoms with Crippen LogP contribution in [0.3, 0.4) is 0 Å². The second kappa shape index (κ2) is 4.80. The van der Waals surface area contributed by atoms with Gasteiger partial charge >= 0.3 is 0 Å². The van der Waals surface area contributed by atoms with E-state index in [0.717, 1.165) is 52.7 Å². The first-order chi connectivity index (χ1) is 10.2. The van der Waals surface area contributed by atoms with Crippen molar-refractivity contribution in [1.29, 1.82) is 0 Å². The largest absolute Gasteiger partial charge is 0.229 e. The maximum Gasteiger partial charge on any atom is 0.229 e. The number of fused-ring (bicyclic) bond motifs is 4. The molecule has 124 valence electrons. The second-order valence-corrected chi connectivity index (χ2v) is 11.7. The Balaban J connectivity index is 1.49. The van der Waals surface area contributed by atoms with E-state index >= 15 is 0 Å². The van der Waals surface area contributed by atoms with Gasteiger partial charge in [0.1, 0.15) is 0 Å². The summed E-state index contributed by atoms with van der Waals surface area (Å²) in [7, 11) is 0. The van der Waals surface area contributed by atoms with Crippen LogP contribution in [-0.4, -0.2) is 5.54 Å². The van der Waals surface area contributed by atoms with Crippen LogP contribution in [-0.2, 0) is 0 Å². The van der Waals surface area contributed by atoms with Crippen LogP contribution in [0.4, 0.5) is 0 Å². The average Bonchev–Trinajstić information content (AvgIpc) is 2.45. The molecule has 6 aliphatic carbocycles. The first-order valence-electron chi connectivity index (χ1n) is 9.79. The van der Waals surface area contributed by atoms with Gasteiger partial charge in [-0.3, -0.25) is 0 Å². The van der Waals surface area contributed by atoms with Gasteiger partial charge in [0.2, 0.25) is 5.54 Å². The standard InChI is InChI=1S/C20H34BBr/c1-11-15-7-13(19(15,3)4)9-17(11)21(22)18-10-14-8-16(12(18)2)20(14,5)6/h11-18H,7-10H2,1-6H3/t11-,12-,13?,14?,15?,16?,17-,18-/m0/s1. The molecule has 4 unspecified atom stereocenters. The molecule has 0 aromatic heterocycles. The fourth-order valence-electron chi connectivity index (χ4n) is 7.54. The van der Waals surface area contributed by atoms with Crippen molar-refractivity contribution >= 4 is 21.3 Å². The fraction of sp³-hybridized carbons (Fsp3) is 1.00. The van der Waals surface area contributed by atoms with Crippen LogP contribution in [0.2, 0.25) is 11.6 Å². The summed E-state index contributed by atoms with van der Waals surface area (Å²) in [5.74, 6) is 7.69. The third-order valence-corrected chi connectivity index (χ3v) is 11.0. The Morgan fingerprint density at radius 1 is 0.727 bits per heavy atom. The summed E-state index contributed by atoms with van der Waals surface area (Å²) in [6.45, 7) is 15.3. The van der Waals surface area contributed by atoms with Crippen molar-refractivity contribution in [2.45, 2.75) is 78.9 Å². The molecule has 0 aliphatic heterocycles. The van der Waals surface area contributed by atoms with Gasteiger partial charge in [-0.05, 0) is 70.8 Å². The summed E-state index contributed by atoms with van der Waals surface area (Å²) in [4.78, 5) is 0. The lowest BCUT2D eigenvalue weighted by atomic mass is 9.30. The Morgan fingerprint density at radius 2 is 1.09 bits per heavy atom. The molecule has 6 rings (SSSR count). The molecule has 6 aliphatic rings. The first-order valence-corrected chi connectivity index (χ1v) is 10.7. The SMILES string of the molecule is C[C@H]1C2CC(C[C@@H]1B(Br)[C@H]1CC3CC([C@@H]1C)C3(C)C)C2(C)C. The molecule has 22 heavy (non-hydrogen) atoms. The maximum atomic E-state index is 4.25. The molecule has 6 fully saturated rings. The molecule has 0 aromatic rings. The molecule has 6 saturated carbocycles. The van der Waals surface area contributed by atoms with Crippen molar-refractivity contribution < 1.29 is 0 Å². The van der Waals surface area contributed by atoms with E-state index < -0.39 is 0 Å². The van der Waals surface area contributed by atoms with Gasteiger partial charge in [0.25, 0.3) is 0 Å². The van der Waals surface area contributed by atoms with Gasteiger partial charge in [-0.1, -0.05) is 54.4 Å². The average molecular weight is 365 g/mol. The molecule has 0 spiro atoms. The lowest BCUT2D eigenvalue weighted by molar-refractivity contribution is -0.106. The molecule has 2 heteroatoms. The minimum Gasteiger partial charge on any atom is -0.156 e. The van der Waals surface area contributed by atoms with Crippen molar-refractivity contribution in [1.82, 2.24) is 0 Å². The molecule has 0 amide bonds. The summed E-state index contributed by atoms with van der Waals surface area (Å²) in [5.41, 5.74) is 2.04. The lowest BCUT2D eigenvalue weighted by Gasteiger charge is -2.65. The highest BCUT2D eigenvalue weighted by molar-refractivity contribution is 9.24. The summed E-state index contributed by atoms with van der Waals surface area (Å²) in [6.07, 6.45) is 6.01. The molecule has 0 heterocycles. The molecule has 0 saturated heterocycles. The molecule has 0 nitrogen and oxygen atoms in total. The predicted octanol–water partition coefficient (Wildman–Crippen LogP) is 6.52. The van der Waals surface area contributed by atoms with Crippen molar-refractivity contribution in [3.8, 4) is 0 Å². The van der Waals surface area contributed by atoms with Crippen LogP contribution in [0.1, 0.15) is 67.2 Å². The molecule has 4 bridgehead atoms. The minimum absolute atomic E-state index is 0.630. The Bertz CT molecular complexity index is 428. The Labute approximate surface area is 146 Å². The van der Waals surface area contributed by atoms with E-state index in [9.17, 15) is 0 Å². The number of rotatable bonds is 2. The molecular formula is C20H34BBr. The highest BCUT2D eigenvalue weighted by Gasteiger charge is 2.62. The monoisotopic (exact) mass is 364 g/mol. The molecule has 0 aromatic carbocycles. The smallest absolute Gasteiger partial charge is 0.156 e. The highest BCUT2D eigenvalue weighted by atomic mass is 79.9. The summed E-state index contributed by atoms with van der Waals surface area (Å²) >= 11 is 4.25. The highest BCUT2D eigenvalue weighted by Crippen LogP contribution is 2.69. The van der Waals surface area contributed by atoms with Crippen molar-refractivity contribution in [3.63, 3.8) is 0 Å². The van der Waals surface area contributed by atoms with E-state index in [4.69, 9.17) is 0 Å². The van der Waals surface area contributed by atoms with Crippen LogP contribution in [0, 0.1) is 46.3 Å². The Morgan fingerprint density at radius 3 is 1.36 bits per heavy atom. The summed E-state index contributed by atoms with van der Waals surface area (Å²) in [6, 6.07) is 0. The van der Waals surface area contributed by atoms with Crippen LogP contribution in [0.25, 0.3) is 0 Å². The topological polar surface area (TPSA) is 0 Å². The van der Waals surface area contributed by atoms with Gasteiger partial charge in [0.05, 0.1) is 0 Å². The second-order valence-electron chi connectivity index (χ2n) is 10.7. The van der Waals surface area contributed by atoms with Crippen LogP contribution in [0.5, 0.6) is 0 Å². The van der Waals surface area contributed by atoms with E-state index in [1.807, 2.05) is 0 Å². The van der Waals surface area contributed by atoms with Gasteiger partial charge in [-0.2, -0.15) is 15.8 Å². The number of halogens is 1. The van der Waals surface area contributed by atoms with E-state index in [1.165, 1.54) is 25.7 Å². The van der Waals surface area contributed by atoms with Gasteiger partial charge in [-0.25, -0.2) is 0 Å². The quantitative estimate of drug-likeness (QED) is 0.489. The summed E-state index contributed by atoms with van der Waals surface area (Å²) in [5, 5.41) is 0. The Kier molecular flexibility index (Phi) is 3.50. The van der Waals surface area contributed by atoms with Gasteiger partial charge in [0, 0.05) is 0 Å².